The maximum absolute atomic E-state index is 12.4. The largest absolute Gasteiger partial charge is 0.243 e. The third-order valence-corrected chi connectivity index (χ3v) is 5.72. The number of hydrogen-bond donors (Lipinski definition) is 0. The van der Waals surface area contributed by atoms with Crippen LogP contribution in [0, 0.1) is 24.2 Å². The lowest BCUT2D eigenvalue weighted by Gasteiger charge is -2.28. The quantitative estimate of drug-likeness (QED) is 0.843. The number of nitrogens with zero attached hydrogens (tertiary/aromatic N) is 2. The van der Waals surface area contributed by atoms with Crippen molar-refractivity contribution in [2.75, 3.05) is 13.1 Å². The summed E-state index contributed by atoms with van der Waals surface area (Å²) in [6.45, 7) is 2.62. The van der Waals surface area contributed by atoms with Gasteiger partial charge in [-0.25, -0.2) is 8.42 Å². The van der Waals surface area contributed by atoms with E-state index in [0.29, 0.717) is 31.0 Å². The first-order valence-electron chi connectivity index (χ1n) is 6.11. The molecule has 0 bridgehead atoms. The van der Waals surface area contributed by atoms with E-state index in [2.05, 4.69) is 6.07 Å². The monoisotopic (exact) mass is 298 g/mol. The average molecular weight is 299 g/mol. The number of piperidine rings is 1. The van der Waals surface area contributed by atoms with Crippen molar-refractivity contribution in [1.82, 2.24) is 4.31 Å². The summed E-state index contributed by atoms with van der Waals surface area (Å²) in [6, 6.07) is 6.96. The zero-order valence-electron chi connectivity index (χ0n) is 10.6. The Kier molecular flexibility index (Phi) is 4.14. The molecule has 6 heteroatoms. The molecular weight excluding hydrogens is 284 g/mol. The molecule has 0 N–H and O–H groups in total. The molecule has 4 nitrogen and oxygen atoms in total. The second-order valence-corrected chi connectivity index (χ2v) is 7.06. The molecule has 0 aliphatic carbocycles. The molecule has 0 aromatic heterocycles. The molecule has 19 heavy (non-hydrogen) atoms. The van der Waals surface area contributed by atoms with Crippen LogP contribution < -0.4 is 0 Å². The Labute approximate surface area is 118 Å². The van der Waals surface area contributed by atoms with Gasteiger partial charge in [-0.05, 0) is 37.5 Å². The first kappa shape index (κ1) is 14.3. The van der Waals surface area contributed by atoms with Crippen molar-refractivity contribution in [2.24, 2.45) is 5.92 Å². The molecule has 0 radical (unpaired) electrons. The van der Waals surface area contributed by atoms with Crippen molar-refractivity contribution in [2.45, 2.75) is 24.7 Å². The van der Waals surface area contributed by atoms with Gasteiger partial charge in [-0.15, -0.1) is 0 Å². The number of sulfonamides is 1. The fourth-order valence-corrected chi connectivity index (χ4v) is 3.85. The molecule has 0 saturated carbocycles. The van der Waals surface area contributed by atoms with E-state index >= 15 is 0 Å². The van der Waals surface area contributed by atoms with Gasteiger partial charge in [0.25, 0.3) is 0 Å². The SMILES string of the molecule is Cc1ccc(S(=O)(=O)N2CCC(C#N)CC2)cc1Cl. The Morgan fingerprint density at radius 3 is 2.53 bits per heavy atom. The van der Waals surface area contributed by atoms with Crippen LogP contribution in [0.2, 0.25) is 5.02 Å². The van der Waals surface area contributed by atoms with E-state index in [1.807, 2.05) is 6.92 Å². The van der Waals surface area contributed by atoms with Crippen molar-refractivity contribution in [3.05, 3.63) is 28.8 Å². The lowest BCUT2D eigenvalue weighted by molar-refractivity contribution is 0.310. The van der Waals surface area contributed by atoms with E-state index < -0.39 is 10.0 Å². The van der Waals surface area contributed by atoms with E-state index in [4.69, 9.17) is 16.9 Å². The van der Waals surface area contributed by atoms with Crippen LogP contribution in [-0.4, -0.2) is 25.8 Å². The molecule has 1 aliphatic heterocycles. The Hall–Kier alpha value is -1.09. The van der Waals surface area contributed by atoms with Gasteiger partial charge in [0.15, 0.2) is 0 Å². The van der Waals surface area contributed by atoms with Gasteiger partial charge in [0.05, 0.1) is 11.0 Å². The summed E-state index contributed by atoms with van der Waals surface area (Å²) >= 11 is 5.98. The molecule has 0 unspecified atom stereocenters. The molecule has 1 saturated heterocycles. The second kappa shape index (κ2) is 5.49. The van der Waals surface area contributed by atoms with E-state index in [1.165, 1.54) is 10.4 Å². The minimum Gasteiger partial charge on any atom is -0.207 e. The first-order chi connectivity index (χ1) is 8.95. The maximum atomic E-state index is 12.4. The Bertz CT molecular complexity index is 614. The molecule has 2 rings (SSSR count). The molecule has 1 aromatic rings. The summed E-state index contributed by atoms with van der Waals surface area (Å²) in [5, 5.41) is 9.28. The third kappa shape index (κ3) is 2.92. The van der Waals surface area contributed by atoms with Crippen LogP contribution in [0.4, 0.5) is 0 Å². The number of hydrogen-bond acceptors (Lipinski definition) is 3. The van der Waals surface area contributed by atoms with Crippen LogP contribution in [0.1, 0.15) is 18.4 Å². The van der Waals surface area contributed by atoms with Crippen molar-refractivity contribution in [3.8, 4) is 6.07 Å². The standard InChI is InChI=1S/C13H15ClN2O2S/c1-10-2-3-12(8-13(10)14)19(17,18)16-6-4-11(9-15)5-7-16/h2-3,8,11H,4-7H2,1H3. The van der Waals surface area contributed by atoms with Crippen LogP contribution in [0.3, 0.4) is 0 Å². The summed E-state index contributed by atoms with van der Waals surface area (Å²) in [5.41, 5.74) is 0.851. The third-order valence-electron chi connectivity index (χ3n) is 3.42. The lowest BCUT2D eigenvalue weighted by Crippen LogP contribution is -2.38. The number of benzene rings is 1. The topological polar surface area (TPSA) is 61.2 Å². The van der Waals surface area contributed by atoms with Gasteiger partial charge < -0.3 is 0 Å². The number of aryl methyl sites for hydroxylation is 1. The van der Waals surface area contributed by atoms with Crippen LogP contribution in [-0.2, 0) is 10.0 Å². The highest BCUT2D eigenvalue weighted by atomic mass is 35.5. The van der Waals surface area contributed by atoms with Crippen molar-refractivity contribution < 1.29 is 8.42 Å². The van der Waals surface area contributed by atoms with E-state index in [9.17, 15) is 8.42 Å². The molecule has 1 heterocycles. The smallest absolute Gasteiger partial charge is 0.207 e. The van der Waals surface area contributed by atoms with Gasteiger partial charge in [-0.3, -0.25) is 0 Å². The molecule has 1 aliphatic rings. The fourth-order valence-electron chi connectivity index (χ4n) is 2.11. The second-order valence-electron chi connectivity index (χ2n) is 4.72. The average Bonchev–Trinajstić information content (AvgIpc) is 2.41. The fraction of sp³-hybridized carbons (Fsp3) is 0.462. The zero-order chi connectivity index (χ0) is 14.0. The summed E-state index contributed by atoms with van der Waals surface area (Å²) < 4.78 is 26.3. The van der Waals surface area contributed by atoms with Crippen molar-refractivity contribution in [1.29, 1.82) is 5.26 Å². The van der Waals surface area contributed by atoms with Crippen molar-refractivity contribution in [3.63, 3.8) is 0 Å². The van der Waals surface area contributed by atoms with Gasteiger partial charge in [0, 0.05) is 24.0 Å². The van der Waals surface area contributed by atoms with Crippen LogP contribution in [0.5, 0.6) is 0 Å². The highest BCUT2D eigenvalue weighted by Crippen LogP contribution is 2.26. The molecule has 1 aromatic carbocycles. The predicted octanol–water partition coefficient (Wildman–Crippen LogP) is 2.57. The minimum absolute atomic E-state index is 0.0342. The van der Waals surface area contributed by atoms with Crippen LogP contribution in [0.15, 0.2) is 23.1 Å². The molecule has 0 amide bonds. The summed E-state index contributed by atoms with van der Waals surface area (Å²) in [5.74, 6) is -0.0342. The predicted molar refractivity (Wildman–Crippen MR) is 73.3 cm³/mol. The number of rotatable bonds is 2. The molecule has 1 fully saturated rings. The Morgan fingerprint density at radius 1 is 1.37 bits per heavy atom. The van der Waals surface area contributed by atoms with E-state index in [0.717, 1.165) is 5.56 Å². The molecule has 102 valence electrons. The highest BCUT2D eigenvalue weighted by molar-refractivity contribution is 7.89. The summed E-state index contributed by atoms with van der Waals surface area (Å²) in [7, 11) is -3.49. The normalized spacial score (nSPS) is 18.2. The van der Waals surface area contributed by atoms with Gasteiger partial charge in [-0.1, -0.05) is 17.7 Å². The van der Waals surface area contributed by atoms with Gasteiger partial charge in [-0.2, -0.15) is 9.57 Å². The van der Waals surface area contributed by atoms with Crippen LogP contribution >= 0.6 is 11.6 Å². The summed E-state index contributed by atoms with van der Waals surface area (Å²) in [4.78, 5) is 0.221. The maximum Gasteiger partial charge on any atom is 0.243 e. The number of nitriles is 1. The van der Waals surface area contributed by atoms with Crippen molar-refractivity contribution >= 4 is 21.6 Å². The summed E-state index contributed by atoms with van der Waals surface area (Å²) in [6.07, 6.45) is 1.19. The Morgan fingerprint density at radius 2 is 2.00 bits per heavy atom. The van der Waals surface area contributed by atoms with Gasteiger partial charge in [0.1, 0.15) is 0 Å². The number of halogens is 1. The zero-order valence-corrected chi connectivity index (χ0v) is 12.2. The van der Waals surface area contributed by atoms with Crippen LogP contribution in [0.25, 0.3) is 0 Å². The molecule has 0 spiro atoms. The lowest BCUT2D eigenvalue weighted by atomic mass is 10.0. The van der Waals surface area contributed by atoms with E-state index in [1.54, 1.807) is 12.1 Å². The van der Waals surface area contributed by atoms with Gasteiger partial charge >= 0.3 is 0 Å². The molecular formula is C13H15ClN2O2S. The minimum atomic E-state index is -3.49. The van der Waals surface area contributed by atoms with Gasteiger partial charge in [0.2, 0.25) is 10.0 Å². The highest BCUT2D eigenvalue weighted by Gasteiger charge is 2.29. The molecule has 0 atom stereocenters. The van der Waals surface area contributed by atoms with E-state index in [-0.39, 0.29) is 10.8 Å². The first-order valence-corrected chi connectivity index (χ1v) is 7.93. The Balaban J connectivity index is 2.23.